The molecule has 1 aliphatic heterocycles. The van der Waals surface area contributed by atoms with Gasteiger partial charge in [0.05, 0.1) is 24.5 Å². The highest BCUT2D eigenvalue weighted by atomic mass is 127. The van der Waals surface area contributed by atoms with E-state index in [0.717, 1.165) is 0 Å². The third-order valence-corrected chi connectivity index (χ3v) is 4.21. The average molecular weight is 392 g/mol. The van der Waals surface area contributed by atoms with Crippen LogP contribution in [0, 0.1) is 0 Å². The first kappa shape index (κ1) is 17.9. The number of halogens is 1. The summed E-state index contributed by atoms with van der Waals surface area (Å²) in [7, 11) is -3.31. The van der Waals surface area contributed by atoms with Crippen LogP contribution in [0.2, 0.25) is 0 Å². The van der Waals surface area contributed by atoms with Gasteiger partial charge in [-0.2, -0.15) is 4.31 Å². The predicted molar refractivity (Wildman–Crippen MR) is 81.5 cm³/mol. The lowest BCUT2D eigenvalue weighted by molar-refractivity contribution is -0.0440. The molecule has 9 heteroatoms. The van der Waals surface area contributed by atoms with Crippen molar-refractivity contribution in [2.45, 2.75) is 26.1 Å². The van der Waals surface area contributed by atoms with Crippen LogP contribution in [0.3, 0.4) is 0 Å². The molecule has 0 spiro atoms. The fourth-order valence-electron chi connectivity index (χ4n) is 1.78. The molecule has 0 amide bonds. The second kappa shape index (κ2) is 7.46. The Morgan fingerprint density at radius 1 is 1.33 bits per heavy atom. The van der Waals surface area contributed by atoms with E-state index in [1.165, 1.54) is 4.31 Å². The summed E-state index contributed by atoms with van der Waals surface area (Å²) in [6.45, 7) is 4.57. The largest absolute Gasteiger partial charge is 0.373 e. The molecule has 2 atom stereocenters. The molecule has 4 N–H and O–H groups in total. The Morgan fingerprint density at radius 2 is 1.83 bits per heavy atom. The van der Waals surface area contributed by atoms with Crippen LogP contribution >= 0.6 is 24.0 Å². The summed E-state index contributed by atoms with van der Waals surface area (Å²) >= 11 is 0. The van der Waals surface area contributed by atoms with Crippen molar-refractivity contribution in [1.82, 2.24) is 4.31 Å². The van der Waals surface area contributed by atoms with E-state index in [1.807, 2.05) is 13.8 Å². The number of hydrogen-bond acceptors (Lipinski definition) is 4. The molecule has 1 aliphatic rings. The summed E-state index contributed by atoms with van der Waals surface area (Å²) < 4.78 is 30.9. The second-order valence-electron chi connectivity index (χ2n) is 4.20. The molecule has 2 unspecified atom stereocenters. The number of nitrogens with two attached hydrogens (primary N) is 2. The molecule has 0 bridgehead atoms. The maximum Gasteiger partial charge on any atom is 0.216 e. The zero-order chi connectivity index (χ0) is 13.1. The van der Waals surface area contributed by atoms with Gasteiger partial charge in [-0.3, -0.25) is 4.99 Å². The smallest absolute Gasteiger partial charge is 0.216 e. The normalized spacial score (nSPS) is 25.2. The number of ether oxygens (including phenoxy) is 1. The van der Waals surface area contributed by atoms with Gasteiger partial charge in [-0.15, -0.1) is 24.0 Å². The van der Waals surface area contributed by atoms with E-state index in [1.54, 1.807) is 0 Å². The Kier molecular flexibility index (Phi) is 7.40. The number of aliphatic imine (C=N–C) groups is 1. The molecular weight excluding hydrogens is 371 g/mol. The molecule has 1 saturated heterocycles. The second-order valence-corrected chi connectivity index (χ2v) is 6.29. The molecule has 0 aromatic carbocycles. The lowest BCUT2D eigenvalue weighted by atomic mass is 10.3. The summed E-state index contributed by atoms with van der Waals surface area (Å²) in [5.41, 5.74) is 10.3. The highest BCUT2D eigenvalue weighted by Gasteiger charge is 2.30. The highest BCUT2D eigenvalue weighted by molar-refractivity contribution is 14.0. The van der Waals surface area contributed by atoms with E-state index in [-0.39, 0.29) is 54.4 Å². The zero-order valence-corrected chi connectivity index (χ0v) is 13.7. The minimum absolute atomic E-state index is 0. The van der Waals surface area contributed by atoms with E-state index in [4.69, 9.17) is 16.2 Å². The molecule has 0 aliphatic carbocycles. The van der Waals surface area contributed by atoms with E-state index < -0.39 is 10.0 Å². The summed E-state index contributed by atoms with van der Waals surface area (Å²) in [4.78, 5) is 3.68. The number of hydrogen-bond donors (Lipinski definition) is 2. The van der Waals surface area contributed by atoms with E-state index >= 15 is 0 Å². The van der Waals surface area contributed by atoms with Crippen LogP contribution in [0.15, 0.2) is 4.99 Å². The van der Waals surface area contributed by atoms with Crippen LogP contribution in [0.4, 0.5) is 0 Å². The minimum atomic E-state index is -3.31. The first-order valence-electron chi connectivity index (χ1n) is 5.50. The van der Waals surface area contributed by atoms with Crippen LogP contribution in [-0.4, -0.2) is 56.3 Å². The van der Waals surface area contributed by atoms with E-state index in [2.05, 4.69) is 4.99 Å². The highest BCUT2D eigenvalue weighted by Crippen LogP contribution is 2.14. The van der Waals surface area contributed by atoms with Gasteiger partial charge in [0.25, 0.3) is 0 Å². The molecule has 1 rings (SSSR count). The van der Waals surface area contributed by atoms with Gasteiger partial charge in [0.15, 0.2) is 5.96 Å². The lowest BCUT2D eigenvalue weighted by Gasteiger charge is -2.34. The Balaban J connectivity index is 0.00000289. The number of sulfonamides is 1. The number of nitrogens with zero attached hydrogens (tertiary/aromatic N) is 2. The Labute approximate surface area is 125 Å². The summed E-state index contributed by atoms with van der Waals surface area (Å²) in [5.74, 6) is -0.173. The summed E-state index contributed by atoms with van der Waals surface area (Å²) in [6, 6.07) is 0. The Morgan fingerprint density at radius 3 is 2.28 bits per heavy atom. The SMILES string of the molecule is CC1CN(S(=O)(=O)CCN=C(N)N)CC(C)O1.I. The van der Waals surface area contributed by atoms with Crippen molar-refractivity contribution < 1.29 is 13.2 Å². The lowest BCUT2D eigenvalue weighted by Crippen LogP contribution is -2.49. The third kappa shape index (κ3) is 5.67. The molecular formula is C9H21IN4O3S. The average Bonchev–Trinajstić information content (AvgIpc) is 2.14. The van der Waals surface area contributed by atoms with Crippen molar-refractivity contribution in [2.75, 3.05) is 25.4 Å². The van der Waals surface area contributed by atoms with Crippen molar-refractivity contribution >= 4 is 40.0 Å². The Bertz CT molecular complexity index is 373. The topological polar surface area (TPSA) is 111 Å². The molecule has 7 nitrogen and oxygen atoms in total. The first-order valence-corrected chi connectivity index (χ1v) is 7.11. The van der Waals surface area contributed by atoms with Crippen LogP contribution < -0.4 is 11.5 Å². The van der Waals surface area contributed by atoms with Crippen molar-refractivity contribution in [1.29, 1.82) is 0 Å². The number of morpholine rings is 1. The van der Waals surface area contributed by atoms with Crippen LogP contribution in [0.5, 0.6) is 0 Å². The van der Waals surface area contributed by atoms with Crippen LogP contribution in [-0.2, 0) is 14.8 Å². The summed E-state index contributed by atoms with van der Waals surface area (Å²) in [6.07, 6.45) is -0.173. The standard InChI is InChI=1S/C9H20N4O3S.HI/c1-7-5-13(6-8(2)16-7)17(14,15)4-3-12-9(10)11;/h7-8H,3-6H2,1-2H3,(H4,10,11,12);1H. The quantitative estimate of drug-likeness (QED) is 0.374. The minimum Gasteiger partial charge on any atom is -0.373 e. The van der Waals surface area contributed by atoms with Gasteiger partial charge in [0.1, 0.15) is 0 Å². The molecule has 0 saturated carbocycles. The van der Waals surface area contributed by atoms with Gasteiger partial charge >= 0.3 is 0 Å². The van der Waals surface area contributed by atoms with Gasteiger partial charge in [-0.25, -0.2) is 8.42 Å². The molecule has 108 valence electrons. The maximum atomic E-state index is 12.0. The monoisotopic (exact) mass is 392 g/mol. The molecule has 0 aromatic rings. The fraction of sp³-hybridized carbons (Fsp3) is 0.889. The maximum absolute atomic E-state index is 12.0. The van der Waals surface area contributed by atoms with E-state index in [0.29, 0.717) is 13.1 Å². The van der Waals surface area contributed by atoms with Gasteiger partial charge in [-0.1, -0.05) is 0 Å². The zero-order valence-electron chi connectivity index (χ0n) is 10.6. The van der Waals surface area contributed by atoms with Crippen molar-refractivity contribution in [2.24, 2.45) is 16.5 Å². The van der Waals surface area contributed by atoms with Gasteiger partial charge in [0, 0.05) is 13.1 Å². The summed E-state index contributed by atoms with van der Waals surface area (Å²) in [5, 5.41) is 0. The predicted octanol–water partition coefficient (Wildman–Crippen LogP) is -0.683. The van der Waals surface area contributed by atoms with Crippen molar-refractivity contribution in [3.63, 3.8) is 0 Å². The van der Waals surface area contributed by atoms with Crippen molar-refractivity contribution in [3.8, 4) is 0 Å². The molecule has 0 radical (unpaired) electrons. The molecule has 1 fully saturated rings. The van der Waals surface area contributed by atoms with Crippen LogP contribution in [0.25, 0.3) is 0 Å². The molecule has 18 heavy (non-hydrogen) atoms. The number of rotatable bonds is 4. The number of guanidine groups is 1. The molecule has 1 heterocycles. The molecule has 0 aromatic heterocycles. The van der Waals surface area contributed by atoms with E-state index in [9.17, 15) is 8.42 Å². The first-order chi connectivity index (χ1) is 7.81. The third-order valence-electron chi connectivity index (χ3n) is 2.42. The van der Waals surface area contributed by atoms with Crippen molar-refractivity contribution in [3.05, 3.63) is 0 Å². The Hall–Kier alpha value is -0.130. The van der Waals surface area contributed by atoms with Crippen LogP contribution in [0.1, 0.15) is 13.8 Å². The van der Waals surface area contributed by atoms with Gasteiger partial charge in [0.2, 0.25) is 10.0 Å². The fourth-order valence-corrected chi connectivity index (χ4v) is 3.23. The van der Waals surface area contributed by atoms with Gasteiger partial charge < -0.3 is 16.2 Å². The van der Waals surface area contributed by atoms with Gasteiger partial charge in [-0.05, 0) is 13.8 Å².